The van der Waals surface area contributed by atoms with Crippen molar-refractivity contribution in [3.8, 4) is 0 Å². The number of allylic oxidation sites excluding steroid dienone is 1. The summed E-state index contributed by atoms with van der Waals surface area (Å²) in [6, 6.07) is 0. The summed E-state index contributed by atoms with van der Waals surface area (Å²) in [5.74, 6) is 0. The summed E-state index contributed by atoms with van der Waals surface area (Å²) < 4.78 is 5.95. The van der Waals surface area contributed by atoms with Gasteiger partial charge in [0, 0.05) is 6.61 Å². The predicted octanol–water partition coefficient (Wildman–Crippen LogP) is 5.01. The Labute approximate surface area is 107 Å². The molecule has 0 saturated carbocycles. The van der Waals surface area contributed by atoms with Gasteiger partial charge >= 0.3 is 0 Å². The maximum absolute atomic E-state index is 5.95. The standard InChI is InChI=1S/C16H28O/c1-2-4-6-8-11-15-12-10-14-17-16(15)13-9-7-5-3-1/h11,16H,1-10,12-14H2/b15-11+. The zero-order chi connectivity index (χ0) is 11.8. The molecule has 2 rings (SSSR count). The second-order valence-corrected chi connectivity index (χ2v) is 5.65. The highest BCUT2D eigenvalue weighted by atomic mass is 16.5. The van der Waals surface area contributed by atoms with Crippen LogP contribution in [0.2, 0.25) is 0 Å². The molecule has 0 N–H and O–H groups in total. The molecule has 2 aliphatic rings. The quantitative estimate of drug-likeness (QED) is 0.537. The van der Waals surface area contributed by atoms with Crippen LogP contribution in [0.4, 0.5) is 0 Å². The van der Waals surface area contributed by atoms with Crippen LogP contribution in [0.1, 0.15) is 77.0 Å². The van der Waals surface area contributed by atoms with Crippen LogP contribution in [-0.4, -0.2) is 12.7 Å². The first-order valence-electron chi connectivity index (χ1n) is 7.77. The van der Waals surface area contributed by atoms with E-state index in [2.05, 4.69) is 6.08 Å². The van der Waals surface area contributed by atoms with Crippen LogP contribution in [0.3, 0.4) is 0 Å². The van der Waals surface area contributed by atoms with Gasteiger partial charge in [-0.2, -0.15) is 0 Å². The van der Waals surface area contributed by atoms with Crippen LogP contribution < -0.4 is 0 Å². The molecule has 98 valence electrons. The molecule has 1 aliphatic carbocycles. The Morgan fingerprint density at radius 2 is 1.53 bits per heavy atom. The third kappa shape index (κ3) is 4.83. The molecular weight excluding hydrogens is 208 g/mol. The Bertz CT molecular complexity index is 232. The lowest BCUT2D eigenvalue weighted by Gasteiger charge is -2.26. The van der Waals surface area contributed by atoms with Gasteiger partial charge in [-0.25, -0.2) is 0 Å². The van der Waals surface area contributed by atoms with Crippen molar-refractivity contribution in [2.75, 3.05) is 6.61 Å². The van der Waals surface area contributed by atoms with E-state index < -0.39 is 0 Å². The molecule has 1 aliphatic heterocycles. The fraction of sp³-hybridized carbons (Fsp3) is 0.875. The molecule has 0 spiro atoms. The maximum Gasteiger partial charge on any atom is 0.0785 e. The van der Waals surface area contributed by atoms with E-state index in [-0.39, 0.29) is 0 Å². The highest BCUT2D eigenvalue weighted by molar-refractivity contribution is 5.10. The molecule has 1 heterocycles. The van der Waals surface area contributed by atoms with Crippen molar-refractivity contribution in [3.63, 3.8) is 0 Å². The Morgan fingerprint density at radius 3 is 2.35 bits per heavy atom. The Morgan fingerprint density at radius 1 is 0.824 bits per heavy atom. The first-order valence-corrected chi connectivity index (χ1v) is 7.77. The smallest absolute Gasteiger partial charge is 0.0785 e. The summed E-state index contributed by atoms with van der Waals surface area (Å²) in [6.45, 7) is 0.988. The molecule has 0 aromatic rings. The van der Waals surface area contributed by atoms with Gasteiger partial charge in [-0.1, -0.05) is 51.0 Å². The monoisotopic (exact) mass is 236 g/mol. The zero-order valence-corrected chi connectivity index (χ0v) is 11.3. The summed E-state index contributed by atoms with van der Waals surface area (Å²) in [7, 11) is 0. The van der Waals surface area contributed by atoms with Crippen molar-refractivity contribution in [2.24, 2.45) is 0 Å². The summed E-state index contributed by atoms with van der Waals surface area (Å²) >= 11 is 0. The summed E-state index contributed by atoms with van der Waals surface area (Å²) in [5, 5.41) is 0. The second-order valence-electron chi connectivity index (χ2n) is 5.65. The Hall–Kier alpha value is -0.300. The third-order valence-electron chi connectivity index (χ3n) is 4.17. The van der Waals surface area contributed by atoms with Gasteiger partial charge in [0.2, 0.25) is 0 Å². The van der Waals surface area contributed by atoms with E-state index in [1.165, 1.54) is 77.0 Å². The molecule has 1 atom stereocenters. The molecule has 0 bridgehead atoms. The molecule has 0 radical (unpaired) electrons. The van der Waals surface area contributed by atoms with Crippen LogP contribution in [0.15, 0.2) is 11.6 Å². The molecule has 0 aromatic heterocycles. The molecule has 0 aromatic carbocycles. The van der Waals surface area contributed by atoms with Crippen LogP contribution in [0.5, 0.6) is 0 Å². The topological polar surface area (TPSA) is 9.23 Å². The van der Waals surface area contributed by atoms with Crippen LogP contribution in [0.25, 0.3) is 0 Å². The second kappa shape index (κ2) is 7.92. The van der Waals surface area contributed by atoms with E-state index in [0.717, 1.165) is 6.61 Å². The van der Waals surface area contributed by atoms with Gasteiger partial charge in [-0.05, 0) is 37.7 Å². The highest BCUT2D eigenvalue weighted by Crippen LogP contribution is 2.26. The van der Waals surface area contributed by atoms with Crippen LogP contribution in [-0.2, 0) is 4.74 Å². The number of hydrogen-bond donors (Lipinski definition) is 0. The fourth-order valence-corrected chi connectivity index (χ4v) is 3.09. The number of ether oxygens (including phenoxy) is 1. The van der Waals surface area contributed by atoms with E-state index in [4.69, 9.17) is 4.74 Å². The SMILES string of the molecule is C1=C2\CCCOC2CCCCCCCCCC/1. The maximum atomic E-state index is 5.95. The molecular formula is C16H28O. The largest absolute Gasteiger partial charge is 0.374 e. The normalized spacial score (nSPS) is 32.2. The average molecular weight is 236 g/mol. The average Bonchev–Trinajstić information content (AvgIpc) is 2.38. The minimum atomic E-state index is 0.476. The molecule has 0 amide bonds. The lowest BCUT2D eigenvalue weighted by Crippen LogP contribution is -2.22. The highest BCUT2D eigenvalue weighted by Gasteiger charge is 2.18. The molecule has 1 unspecified atom stereocenters. The summed E-state index contributed by atoms with van der Waals surface area (Å²) in [4.78, 5) is 0. The van der Waals surface area contributed by atoms with Gasteiger partial charge in [-0.15, -0.1) is 0 Å². The Balaban J connectivity index is 1.86. The Kier molecular flexibility index (Phi) is 6.12. The van der Waals surface area contributed by atoms with Crippen molar-refractivity contribution in [2.45, 2.75) is 83.2 Å². The van der Waals surface area contributed by atoms with Crippen LogP contribution >= 0.6 is 0 Å². The van der Waals surface area contributed by atoms with Gasteiger partial charge in [0.05, 0.1) is 6.10 Å². The molecule has 1 fully saturated rings. The minimum absolute atomic E-state index is 0.476. The van der Waals surface area contributed by atoms with Crippen molar-refractivity contribution < 1.29 is 4.74 Å². The van der Waals surface area contributed by atoms with Gasteiger partial charge in [0.25, 0.3) is 0 Å². The molecule has 1 nitrogen and oxygen atoms in total. The van der Waals surface area contributed by atoms with E-state index in [0.29, 0.717) is 6.10 Å². The van der Waals surface area contributed by atoms with Crippen molar-refractivity contribution in [1.82, 2.24) is 0 Å². The fourth-order valence-electron chi connectivity index (χ4n) is 3.09. The van der Waals surface area contributed by atoms with Crippen molar-refractivity contribution in [3.05, 3.63) is 11.6 Å². The van der Waals surface area contributed by atoms with E-state index in [1.807, 2.05) is 0 Å². The molecule has 1 heteroatoms. The zero-order valence-electron chi connectivity index (χ0n) is 11.3. The molecule has 17 heavy (non-hydrogen) atoms. The van der Waals surface area contributed by atoms with Gasteiger partial charge in [-0.3, -0.25) is 0 Å². The van der Waals surface area contributed by atoms with E-state index in [1.54, 1.807) is 5.57 Å². The van der Waals surface area contributed by atoms with Gasteiger partial charge in [0.15, 0.2) is 0 Å². The van der Waals surface area contributed by atoms with Crippen molar-refractivity contribution in [1.29, 1.82) is 0 Å². The third-order valence-corrected chi connectivity index (χ3v) is 4.17. The summed E-state index contributed by atoms with van der Waals surface area (Å²) in [6.07, 6.45) is 19.4. The minimum Gasteiger partial charge on any atom is -0.374 e. The van der Waals surface area contributed by atoms with Crippen molar-refractivity contribution >= 4 is 0 Å². The lowest BCUT2D eigenvalue weighted by molar-refractivity contribution is 0.0457. The van der Waals surface area contributed by atoms with Gasteiger partial charge in [0.1, 0.15) is 0 Å². The van der Waals surface area contributed by atoms with E-state index in [9.17, 15) is 0 Å². The first-order chi connectivity index (χ1) is 8.47. The van der Waals surface area contributed by atoms with Crippen LogP contribution in [0, 0.1) is 0 Å². The molecule has 1 saturated heterocycles. The predicted molar refractivity (Wildman–Crippen MR) is 73.2 cm³/mol. The number of fused-ring (bicyclic) bond motifs is 1. The number of hydrogen-bond acceptors (Lipinski definition) is 1. The first kappa shape index (κ1) is 13.1. The van der Waals surface area contributed by atoms with E-state index >= 15 is 0 Å². The van der Waals surface area contributed by atoms with Gasteiger partial charge < -0.3 is 4.74 Å². The number of rotatable bonds is 0. The summed E-state index contributed by atoms with van der Waals surface area (Å²) in [5.41, 5.74) is 1.62. The lowest BCUT2D eigenvalue weighted by atomic mass is 9.95.